The molecule has 1 fully saturated rings. The van der Waals surface area contributed by atoms with Gasteiger partial charge >= 0.3 is 0 Å². The van der Waals surface area contributed by atoms with Crippen molar-refractivity contribution in [3.63, 3.8) is 0 Å². The minimum absolute atomic E-state index is 0.164. The van der Waals surface area contributed by atoms with Gasteiger partial charge in [-0.15, -0.1) is 0 Å². The van der Waals surface area contributed by atoms with Gasteiger partial charge in [-0.2, -0.15) is 0 Å². The zero-order valence-corrected chi connectivity index (χ0v) is 7.74. The highest BCUT2D eigenvalue weighted by Crippen LogP contribution is 2.34. The first-order valence-electron chi connectivity index (χ1n) is 4.74. The van der Waals surface area contributed by atoms with Crippen molar-refractivity contribution in [1.82, 2.24) is 0 Å². The third kappa shape index (κ3) is 1.84. The summed E-state index contributed by atoms with van der Waals surface area (Å²) in [5.74, 6) is 0. The molecule has 0 bridgehead atoms. The van der Waals surface area contributed by atoms with Crippen molar-refractivity contribution < 1.29 is 9.47 Å². The van der Waals surface area contributed by atoms with Crippen LogP contribution in [0.3, 0.4) is 0 Å². The van der Waals surface area contributed by atoms with Crippen molar-refractivity contribution in [2.24, 2.45) is 5.41 Å². The second-order valence-electron chi connectivity index (χ2n) is 3.65. The van der Waals surface area contributed by atoms with Crippen LogP contribution in [0.5, 0.6) is 0 Å². The van der Waals surface area contributed by atoms with Gasteiger partial charge in [-0.05, 0) is 19.8 Å². The molecule has 1 aliphatic carbocycles. The van der Waals surface area contributed by atoms with Crippen LogP contribution < -0.4 is 0 Å². The molecule has 1 saturated heterocycles. The molecule has 0 N–H and O–H groups in total. The molecule has 0 aromatic heterocycles. The van der Waals surface area contributed by atoms with E-state index in [-0.39, 0.29) is 11.7 Å². The van der Waals surface area contributed by atoms with Gasteiger partial charge in [0.05, 0.1) is 13.2 Å². The molecule has 1 aliphatic heterocycles. The Morgan fingerprint density at radius 2 is 2.00 bits per heavy atom. The minimum atomic E-state index is -0.213. The van der Waals surface area contributed by atoms with Crippen LogP contribution in [0.25, 0.3) is 0 Å². The molecule has 13 heavy (non-hydrogen) atoms. The first-order valence-corrected chi connectivity index (χ1v) is 4.74. The maximum Gasteiger partial charge on any atom is 0.166 e. The lowest BCUT2D eigenvalue weighted by molar-refractivity contribution is -0.214. The molecule has 2 aliphatic rings. The highest BCUT2D eigenvalue weighted by atomic mass is 16.7. The zero-order valence-electron chi connectivity index (χ0n) is 7.74. The summed E-state index contributed by atoms with van der Waals surface area (Å²) >= 11 is 0. The van der Waals surface area contributed by atoms with Crippen molar-refractivity contribution in [3.8, 4) is 0 Å². The lowest BCUT2D eigenvalue weighted by Crippen LogP contribution is -2.39. The Labute approximate surface area is 79.2 Å². The minimum Gasteiger partial charge on any atom is -0.352 e. The molecule has 71 valence electrons. The van der Waals surface area contributed by atoms with Crippen LogP contribution in [-0.2, 0) is 9.47 Å². The van der Waals surface area contributed by atoms with Crippen molar-refractivity contribution in [1.29, 1.82) is 0 Å². The molecule has 2 rings (SSSR count). The van der Waals surface area contributed by atoms with Crippen LogP contribution in [-0.4, -0.2) is 19.5 Å². The van der Waals surface area contributed by atoms with E-state index in [2.05, 4.69) is 19.1 Å². The van der Waals surface area contributed by atoms with E-state index in [0.29, 0.717) is 0 Å². The monoisotopic (exact) mass is 179 g/mol. The van der Waals surface area contributed by atoms with Crippen LogP contribution in [0, 0.1) is 12.3 Å². The molecule has 0 aromatic rings. The third-order valence-corrected chi connectivity index (χ3v) is 2.47. The summed E-state index contributed by atoms with van der Waals surface area (Å²) in [6.45, 7) is 5.75. The summed E-state index contributed by atoms with van der Waals surface area (Å²) in [7, 11) is 0. The van der Waals surface area contributed by atoms with Crippen molar-refractivity contribution in [3.05, 3.63) is 31.2 Å². The van der Waals surface area contributed by atoms with Crippen molar-refractivity contribution in [2.75, 3.05) is 13.2 Å². The molecule has 0 saturated carbocycles. The van der Waals surface area contributed by atoms with Gasteiger partial charge in [-0.25, -0.2) is 0 Å². The number of rotatable bonds is 1. The van der Waals surface area contributed by atoms with Crippen molar-refractivity contribution >= 4 is 0 Å². The molecule has 1 atom stereocenters. The van der Waals surface area contributed by atoms with Crippen LogP contribution in [0.1, 0.15) is 12.8 Å². The maximum absolute atomic E-state index is 5.55. The lowest BCUT2D eigenvalue weighted by atomic mass is 9.83. The molecule has 0 amide bonds. The second-order valence-corrected chi connectivity index (χ2v) is 3.65. The number of hydrogen-bond donors (Lipinski definition) is 0. The van der Waals surface area contributed by atoms with Crippen LogP contribution in [0.15, 0.2) is 24.3 Å². The summed E-state index contributed by atoms with van der Waals surface area (Å²) in [5, 5.41) is 0. The first kappa shape index (κ1) is 8.97. The van der Waals surface area contributed by atoms with E-state index in [1.54, 1.807) is 0 Å². The summed E-state index contributed by atoms with van der Waals surface area (Å²) in [6, 6.07) is 0. The molecule has 1 radical (unpaired) electrons. The van der Waals surface area contributed by atoms with Crippen LogP contribution in [0.2, 0.25) is 0 Å². The van der Waals surface area contributed by atoms with E-state index >= 15 is 0 Å². The van der Waals surface area contributed by atoms with Gasteiger partial charge in [0.25, 0.3) is 0 Å². The normalized spacial score (nSPS) is 35.2. The first-order chi connectivity index (χ1) is 6.31. The van der Waals surface area contributed by atoms with Crippen molar-refractivity contribution in [2.45, 2.75) is 19.1 Å². The van der Waals surface area contributed by atoms with Gasteiger partial charge in [0, 0.05) is 5.41 Å². The zero-order chi connectivity index (χ0) is 9.15. The Morgan fingerprint density at radius 1 is 1.23 bits per heavy atom. The van der Waals surface area contributed by atoms with E-state index < -0.39 is 0 Å². The van der Waals surface area contributed by atoms with E-state index in [0.717, 1.165) is 26.1 Å². The van der Waals surface area contributed by atoms with E-state index in [1.165, 1.54) is 0 Å². The average molecular weight is 179 g/mol. The van der Waals surface area contributed by atoms with Gasteiger partial charge < -0.3 is 9.47 Å². The van der Waals surface area contributed by atoms with Crippen LogP contribution >= 0.6 is 0 Å². The quantitative estimate of drug-likeness (QED) is 0.613. The summed E-state index contributed by atoms with van der Waals surface area (Å²) < 4.78 is 11.1. The van der Waals surface area contributed by atoms with Gasteiger partial charge in [0.1, 0.15) is 0 Å². The fraction of sp³-hybridized carbons (Fsp3) is 0.545. The van der Waals surface area contributed by atoms with Gasteiger partial charge in [0.15, 0.2) is 6.29 Å². The van der Waals surface area contributed by atoms with Gasteiger partial charge in [-0.3, -0.25) is 0 Å². The van der Waals surface area contributed by atoms with E-state index in [9.17, 15) is 0 Å². The Balaban J connectivity index is 2.04. The number of hydrogen-bond acceptors (Lipinski definition) is 2. The van der Waals surface area contributed by atoms with Gasteiger partial charge in [-0.1, -0.05) is 24.3 Å². The molecule has 2 nitrogen and oxygen atoms in total. The topological polar surface area (TPSA) is 18.5 Å². The fourth-order valence-corrected chi connectivity index (χ4v) is 1.68. The molecule has 2 heteroatoms. The molecule has 1 unspecified atom stereocenters. The third-order valence-electron chi connectivity index (χ3n) is 2.47. The summed E-state index contributed by atoms with van der Waals surface area (Å²) in [5.41, 5.74) is -0.213. The van der Waals surface area contributed by atoms with E-state index in [1.807, 2.05) is 12.2 Å². The summed E-state index contributed by atoms with van der Waals surface area (Å²) in [4.78, 5) is 0. The molecule has 0 spiro atoms. The summed E-state index contributed by atoms with van der Waals surface area (Å²) in [6.07, 6.45) is 9.95. The predicted octanol–water partition coefficient (Wildman–Crippen LogP) is 2.09. The lowest BCUT2D eigenvalue weighted by Gasteiger charge is -2.37. The average Bonchev–Trinajstić information content (AvgIpc) is 2.20. The highest BCUT2D eigenvalue weighted by molar-refractivity contribution is 5.19. The molecule has 0 aromatic carbocycles. The smallest absolute Gasteiger partial charge is 0.166 e. The Morgan fingerprint density at radius 3 is 2.62 bits per heavy atom. The second kappa shape index (κ2) is 3.64. The highest BCUT2D eigenvalue weighted by Gasteiger charge is 2.34. The SMILES string of the molecule is [CH2]C1(C2OCCCO2)C=CC=CC1. The Kier molecular flexibility index (Phi) is 2.51. The standard InChI is InChI=1S/C11H15O2/c1-11(6-3-2-4-7-11)10-12-8-5-9-13-10/h2-4,6,10H,1,5,7-9H2. The van der Waals surface area contributed by atoms with Crippen LogP contribution in [0.4, 0.5) is 0 Å². The largest absolute Gasteiger partial charge is 0.352 e. The van der Waals surface area contributed by atoms with Gasteiger partial charge in [0.2, 0.25) is 0 Å². The fourth-order valence-electron chi connectivity index (χ4n) is 1.68. The number of ether oxygens (including phenoxy) is 2. The maximum atomic E-state index is 5.55. The van der Waals surface area contributed by atoms with E-state index in [4.69, 9.17) is 9.47 Å². The number of allylic oxidation sites excluding steroid dienone is 3. The Hall–Kier alpha value is -0.600. The molecular weight excluding hydrogens is 164 g/mol. The molecular formula is C11H15O2. The predicted molar refractivity (Wildman–Crippen MR) is 51.0 cm³/mol. The molecule has 1 heterocycles. The Bertz CT molecular complexity index is 226.